The van der Waals surface area contributed by atoms with Crippen molar-refractivity contribution in [3.8, 4) is 0 Å². The first kappa shape index (κ1) is 9.78. The highest BCUT2D eigenvalue weighted by atomic mass is 16.1. The number of carbonyl (C=O) groups excluding carboxylic acids is 1. The minimum absolute atomic E-state index is 0.0247. The minimum Gasteiger partial charge on any atom is -0.306 e. The van der Waals surface area contributed by atoms with E-state index in [-0.39, 0.29) is 5.78 Å². The van der Waals surface area contributed by atoms with Crippen LogP contribution in [0.4, 0.5) is 0 Å². The van der Waals surface area contributed by atoms with Crippen LogP contribution in [0.3, 0.4) is 0 Å². The van der Waals surface area contributed by atoms with Gasteiger partial charge in [0.2, 0.25) is 0 Å². The number of aromatic nitrogens is 2. The molecule has 0 spiro atoms. The van der Waals surface area contributed by atoms with E-state index in [1.165, 1.54) is 0 Å². The third-order valence-corrected chi connectivity index (χ3v) is 2.73. The van der Waals surface area contributed by atoms with Gasteiger partial charge in [-0.25, -0.2) is 4.98 Å². The van der Waals surface area contributed by atoms with Crippen LogP contribution in [0.25, 0.3) is 5.52 Å². The van der Waals surface area contributed by atoms with E-state index in [4.69, 9.17) is 0 Å². The Bertz CT molecular complexity index is 671. The summed E-state index contributed by atoms with van der Waals surface area (Å²) in [5, 5.41) is 0. The highest BCUT2D eigenvalue weighted by Gasteiger charge is 2.12. The van der Waals surface area contributed by atoms with Crippen molar-refractivity contribution in [3.05, 3.63) is 72.3 Å². The molecule has 2 heterocycles. The van der Waals surface area contributed by atoms with Crippen molar-refractivity contribution in [2.75, 3.05) is 0 Å². The number of nitrogens with zero attached hydrogens (tertiary/aromatic N) is 2. The number of hydrogen-bond acceptors (Lipinski definition) is 2. The second kappa shape index (κ2) is 3.87. The van der Waals surface area contributed by atoms with Crippen molar-refractivity contribution in [2.24, 2.45) is 0 Å². The Hall–Kier alpha value is -2.42. The molecule has 0 unspecified atom stereocenters. The quantitative estimate of drug-likeness (QED) is 0.624. The summed E-state index contributed by atoms with van der Waals surface area (Å²) in [5.41, 5.74) is 2.21. The van der Waals surface area contributed by atoms with Crippen LogP contribution >= 0.6 is 0 Å². The first-order valence-corrected chi connectivity index (χ1v) is 5.37. The zero-order valence-electron chi connectivity index (χ0n) is 9.08. The standard InChI is InChI=1S/C14H10N2O/c17-14(11-5-2-1-3-6-11)12-7-4-8-16-10-15-9-13(12)16/h1-10H. The smallest absolute Gasteiger partial charge is 0.195 e. The average molecular weight is 222 g/mol. The molecule has 0 aliphatic rings. The molecule has 0 radical (unpaired) electrons. The van der Waals surface area contributed by atoms with Crippen LogP contribution in [-0.2, 0) is 0 Å². The second-order valence-electron chi connectivity index (χ2n) is 3.80. The molecule has 0 N–H and O–H groups in total. The van der Waals surface area contributed by atoms with Gasteiger partial charge < -0.3 is 4.40 Å². The molecule has 0 saturated heterocycles. The molecule has 0 fully saturated rings. The van der Waals surface area contributed by atoms with Gasteiger partial charge in [-0.3, -0.25) is 4.79 Å². The summed E-state index contributed by atoms with van der Waals surface area (Å²) in [5.74, 6) is 0.0247. The average Bonchev–Trinajstić information content (AvgIpc) is 2.87. The van der Waals surface area contributed by atoms with E-state index < -0.39 is 0 Å². The topological polar surface area (TPSA) is 34.4 Å². The van der Waals surface area contributed by atoms with Crippen LogP contribution in [0, 0.1) is 0 Å². The third kappa shape index (κ3) is 1.61. The molecule has 0 aliphatic carbocycles. The fraction of sp³-hybridized carbons (Fsp3) is 0. The van der Waals surface area contributed by atoms with Crippen LogP contribution in [-0.4, -0.2) is 15.2 Å². The van der Waals surface area contributed by atoms with E-state index in [1.54, 1.807) is 12.5 Å². The number of ketones is 1. The fourth-order valence-electron chi connectivity index (χ4n) is 1.89. The lowest BCUT2D eigenvalue weighted by Crippen LogP contribution is -2.02. The monoisotopic (exact) mass is 222 g/mol. The molecule has 3 rings (SSSR count). The summed E-state index contributed by atoms with van der Waals surface area (Å²) >= 11 is 0. The first-order chi connectivity index (χ1) is 8.36. The molecule has 0 saturated carbocycles. The van der Waals surface area contributed by atoms with Crippen LogP contribution < -0.4 is 0 Å². The number of fused-ring (bicyclic) bond motifs is 1. The molecule has 3 nitrogen and oxygen atoms in total. The van der Waals surface area contributed by atoms with E-state index >= 15 is 0 Å². The van der Waals surface area contributed by atoms with Gasteiger partial charge in [-0.1, -0.05) is 30.3 Å². The van der Waals surface area contributed by atoms with E-state index in [2.05, 4.69) is 4.98 Å². The highest BCUT2D eigenvalue weighted by Crippen LogP contribution is 2.15. The van der Waals surface area contributed by atoms with Gasteiger partial charge >= 0.3 is 0 Å². The minimum atomic E-state index is 0.0247. The van der Waals surface area contributed by atoms with Crippen molar-refractivity contribution in [3.63, 3.8) is 0 Å². The molecule has 3 aromatic rings. The molecule has 0 aliphatic heterocycles. The van der Waals surface area contributed by atoms with Gasteiger partial charge in [-0.05, 0) is 12.1 Å². The molecule has 0 amide bonds. The van der Waals surface area contributed by atoms with E-state index in [1.807, 2.05) is 53.1 Å². The van der Waals surface area contributed by atoms with Crippen LogP contribution in [0.15, 0.2) is 61.2 Å². The number of imidazole rings is 1. The Morgan fingerprint density at radius 3 is 2.71 bits per heavy atom. The molecule has 1 aromatic carbocycles. The normalized spacial score (nSPS) is 10.6. The summed E-state index contributed by atoms with van der Waals surface area (Å²) in [7, 11) is 0. The third-order valence-electron chi connectivity index (χ3n) is 2.73. The Balaban J connectivity index is 2.16. The van der Waals surface area contributed by atoms with E-state index in [0.29, 0.717) is 11.1 Å². The first-order valence-electron chi connectivity index (χ1n) is 5.37. The Morgan fingerprint density at radius 1 is 1.06 bits per heavy atom. The van der Waals surface area contributed by atoms with Crippen molar-refractivity contribution in [1.82, 2.24) is 9.38 Å². The van der Waals surface area contributed by atoms with Gasteiger partial charge in [0.15, 0.2) is 5.78 Å². The van der Waals surface area contributed by atoms with Gasteiger partial charge in [-0.2, -0.15) is 0 Å². The van der Waals surface area contributed by atoms with Crippen molar-refractivity contribution < 1.29 is 4.79 Å². The maximum atomic E-state index is 12.3. The summed E-state index contributed by atoms with van der Waals surface area (Å²) in [6, 6.07) is 12.9. The predicted octanol–water partition coefficient (Wildman–Crippen LogP) is 2.57. The largest absolute Gasteiger partial charge is 0.306 e. The molecule has 0 bridgehead atoms. The maximum Gasteiger partial charge on any atom is 0.195 e. The zero-order valence-corrected chi connectivity index (χ0v) is 9.08. The highest BCUT2D eigenvalue weighted by molar-refractivity contribution is 6.12. The van der Waals surface area contributed by atoms with Crippen LogP contribution in [0.1, 0.15) is 15.9 Å². The van der Waals surface area contributed by atoms with Gasteiger partial charge in [0, 0.05) is 17.3 Å². The molecule has 3 heteroatoms. The molecular weight excluding hydrogens is 212 g/mol. The molecule has 82 valence electrons. The number of hydrogen-bond donors (Lipinski definition) is 0. The van der Waals surface area contributed by atoms with Crippen molar-refractivity contribution in [2.45, 2.75) is 0 Å². The molecule has 17 heavy (non-hydrogen) atoms. The Labute approximate surface area is 98.4 Å². The zero-order chi connectivity index (χ0) is 11.7. The fourth-order valence-corrected chi connectivity index (χ4v) is 1.89. The number of benzene rings is 1. The lowest BCUT2D eigenvalue weighted by atomic mass is 10.0. The van der Waals surface area contributed by atoms with Gasteiger partial charge in [0.25, 0.3) is 0 Å². The van der Waals surface area contributed by atoms with Gasteiger partial charge in [-0.15, -0.1) is 0 Å². The lowest BCUT2D eigenvalue weighted by molar-refractivity contribution is 0.104. The molecular formula is C14H10N2O. The van der Waals surface area contributed by atoms with Gasteiger partial charge in [0.05, 0.1) is 18.0 Å². The predicted molar refractivity (Wildman–Crippen MR) is 65.1 cm³/mol. The van der Waals surface area contributed by atoms with Gasteiger partial charge in [0.1, 0.15) is 0 Å². The maximum absolute atomic E-state index is 12.3. The number of pyridine rings is 1. The lowest BCUT2D eigenvalue weighted by Gasteiger charge is -2.03. The van der Waals surface area contributed by atoms with Crippen LogP contribution in [0.5, 0.6) is 0 Å². The summed E-state index contributed by atoms with van der Waals surface area (Å²) in [6.45, 7) is 0. The summed E-state index contributed by atoms with van der Waals surface area (Å²) < 4.78 is 1.84. The second-order valence-corrected chi connectivity index (χ2v) is 3.80. The van der Waals surface area contributed by atoms with Crippen LogP contribution in [0.2, 0.25) is 0 Å². The van der Waals surface area contributed by atoms with E-state index in [9.17, 15) is 4.79 Å². The summed E-state index contributed by atoms with van der Waals surface area (Å²) in [4.78, 5) is 16.4. The van der Waals surface area contributed by atoms with Crippen molar-refractivity contribution >= 4 is 11.3 Å². The summed E-state index contributed by atoms with van der Waals surface area (Å²) in [6.07, 6.45) is 5.28. The molecule has 2 aromatic heterocycles. The SMILES string of the molecule is O=C(c1ccccc1)c1cccn2cncc12. The Morgan fingerprint density at radius 2 is 1.88 bits per heavy atom. The number of rotatable bonds is 2. The Kier molecular flexibility index (Phi) is 2.22. The number of carbonyl (C=O) groups is 1. The van der Waals surface area contributed by atoms with Crippen molar-refractivity contribution in [1.29, 1.82) is 0 Å². The molecule has 0 atom stereocenters. The van der Waals surface area contributed by atoms with E-state index in [0.717, 1.165) is 5.52 Å².